The summed E-state index contributed by atoms with van der Waals surface area (Å²) in [5.41, 5.74) is 0. The molecule has 1 saturated heterocycles. The van der Waals surface area contributed by atoms with Gasteiger partial charge in [-0.2, -0.15) is 0 Å². The Labute approximate surface area is 55.8 Å². The topological polar surface area (TPSA) is 3.24 Å². The highest BCUT2D eigenvalue weighted by molar-refractivity contribution is 4.74. The SMILES string of the molecule is C[C@@H]1CN(C)CCC1F. The Morgan fingerprint density at radius 3 is 2.67 bits per heavy atom. The number of hydrogen-bond donors (Lipinski definition) is 0. The molecule has 0 aromatic heterocycles. The van der Waals surface area contributed by atoms with Gasteiger partial charge in [0.2, 0.25) is 0 Å². The van der Waals surface area contributed by atoms with Gasteiger partial charge in [-0.3, -0.25) is 0 Å². The number of alkyl halides is 1. The summed E-state index contributed by atoms with van der Waals surface area (Å²) in [4.78, 5) is 2.18. The summed E-state index contributed by atoms with van der Waals surface area (Å²) in [7, 11) is 2.04. The van der Waals surface area contributed by atoms with E-state index >= 15 is 0 Å². The van der Waals surface area contributed by atoms with E-state index in [1.807, 2.05) is 14.0 Å². The molecular weight excluding hydrogens is 117 g/mol. The fourth-order valence-electron chi connectivity index (χ4n) is 1.33. The molecule has 0 aliphatic carbocycles. The van der Waals surface area contributed by atoms with Crippen LogP contribution in [0.1, 0.15) is 13.3 Å². The molecule has 1 fully saturated rings. The second-order valence-electron chi connectivity index (χ2n) is 3.04. The van der Waals surface area contributed by atoms with Gasteiger partial charge < -0.3 is 4.90 Å². The first-order chi connectivity index (χ1) is 4.20. The fourth-order valence-corrected chi connectivity index (χ4v) is 1.33. The fraction of sp³-hybridized carbons (Fsp3) is 1.00. The van der Waals surface area contributed by atoms with Crippen LogP contribution in [0.25, 0.3) is 0 Å². The van der Waals surface area contributed by atoms with Crippen molar-refractivity contribution in [2.75, 3.05) is 20.1 Å². The second kappa shape index (κ2) is 2.65. The molecule has 0 aromatic carbocycles. The van der Waals surface area contributed by atoms with E-state index in [0.29, 0.717) is 0 Å². The van der Waals surface area contributed by atoms with E-state index in [4.69, 9.17) is 0 Å². The lowest BCUT2D eigenvalue weighted by molar-refractivity contribution is 0.116. The van der Waals surface area contributed by atoms with E-state index in [9.17, 15) is 4.39 Å². The molecule has 0 aromatic rings. The molecule has 1 aliphatic heterocycles. The van der Waals surface area contributed by atoms with Crippen LogP contribution in [0.3, 0.4) is 0 Å². The minimum Gasteiger partial charge on any atom is -0.306 e. The molecule has 2 heteroatoms. The Morgan fingerprint density at radius 1 is 1.56 bits per heavy atom. The number of hydrogen-bond acceptors (Lipinski definition) is 1. The summed E-state index contributed by atoms with van der Waals surface area (Å²) in [6.45, 7) is 3.81. The van der Waals surface area contributed by atoms with Crippen molar-refractivity contribution in [3.05, 3.63) is 0 Å². The van der Waals surface area contributed by atoms with Gasteiger partial charge in [0.15, 0.2) is 0 Å². The van der Waals surface area contributed by atoms with Crippen molar-refractivity contribution in [3.8, 4) is 0 Å². The lowest BCUT2D eigenvalue weighted by Crippen LogP contribution is -2.37. The van der Waals surface area contributed by atoms with E-state index in [-0.39, 0.29) is 5.92 Å². The highest BCUT2D eigenvalue weighted by Crippen LogP contribution is 2.17. The van der Waals surface area contributed by atoms with Gasteiger partial charge in [-0.1, -0.05) is 6.92 Å². The largest absolute Gasteiger partial charge is 0.306 e. The van der Waals surface area contributed by atoms with Gasteiger partial charge >= 0.3 is 0 Å². The molecule has 1 heterocycles. The summed E-state index contributed by atoms with van der Waals surface area (Å²) in [6.07, 6.45) is 0.165. The highest BCUT2D eigenvalue weighted by Gasteiger charge is 2.22. The molecule has 9 heavy (non-hydrogen) atoms. The Bertz CT molecular complexity index is 94.9. The van der Waals surface area contributed by atoms with Crippen molar-refractivity contribution in [1.29, 1.82) is 0 Å². The normalized spacial score (nSPS) is 39.0. The van der Waals surface area contributed by atoms with Crippen LogP contribution in [0.2, 0.25) is 0 Å². The third-order valence-electron chi connectivity index (χ3n) is 2.00. The van der Waals surface area contributed by atoms with Gasteiger partial charge in [-0.25, -0.2) is 4.39 Å². The molecule has 1 aliphatic rings. The molecule has 0 spiro atoms. The van der Waals surface area contributed by atoms with Crippen molar-refractivity contribution in [3.63, 3.8) is 0 Å². The minimum absolute atomic E-state index is 0.240. The summed E-state index contributed by atoms with van der Waals surface area (Å²) in [5, 5.41) is 0. The monoisotopic (exact) mass is 131 g/mol. The summed E-state index contributed by atoms with van der Waals surface area (Å²) in [6, 6.07) is 0. The van der Waals surface area contributed by atoms with Crippen LogP contribution in [0.5, 0.6) is 0 Å². The molecule has 0 N–H and O–H groups in total. The molecule has 0 bridgehead atoms. The zero-order valence-electron chi connectivity index (χ0n) is 6.10. The third-order valence-corrected chi connectivity index (χ3v) is 2.00. The van der Waals surface area contributed by atoms with Crippen molar-refractivity contribution < 1.29 is 4.39 Å². The van der Waals surface area contributed by atoms with Crippen LogP contribution in [0.4, 0.5) is 4.39 Å². The van der Waals surface area contributed by atoms with Crippen LogP contribution in [0, 0.1) is 5.92 Å². The first-order valence-corrected chi connectivity index (χ1v) is 3.53. The van der Waals surface area contributed by atoms with Gasteiger partial charge in [0.25, 0.3) is 0 Å². The van der Waals surface area contributed by atoms with Crippen LogP contribution in [0.15, 0.2) is 0 Å². The first-order valence-electron chi connectivity index (χ1n) is 3.53. The number of rotatable bonds is 0. The van der Waals surface area contributed by atoms with Gasteiger partial charge in [0, 0.05) is 19.0 Å². The van der Waals surface area contributed by atoms with Crippen molar-refractivity contribution in [2.24, 2.45) is 5.92 Å². The number of piperidine rings is 1. The maximum Gasteiger partial charge on any atom is 0.105 e. The van der Waals surface area contributed by atoms with E-state index in [1.165, 1.54) is 0 Å². The molecular formula is C7H14FN. The maximum atomic E-state index is 12.7. The van der Waals surface area contributed by atoms with Gasteiger partial charge in [-0.15, -0.1) is 0 Å². The smallest absolute Gasteiger partial charge is 0.105 e. The van der Waals surface area contributed by atoms with E-state index in [1.54, 1.807) is 0 Å². The lowest BCUT2D eigenvalue weighted by Gasteiger charge is -2.29. The van der Waals surface area contributed by atoms with Gasteiger partial charge in [-0.05, 0) is 13.5 Å². The first kappa shape index (κ1) is 7.00. The molecule has 54 valence electrons. The Morgan fingerprint density at radius 2 is 2.22 bits per heavy atom. The van der Waals surface area contributed by atoms with Crippen LogP contribution in [-0.4, -0.2) is 31.2 Å². The second-order valence-corrected chi connectivity index (χ2v) is 3.04. The zero-order valence-corrected chi connectivity index (χ0v) is 6.10. The summed E-state index contributed by atoms with van der Waals surface area (Å²) >= 11 is 0. The average Bonchev–Trinajstić information content (AvgIpc) is 1.80. The van der Waals surface area contributed by atoms with Crippen LogP contribution in [-0.2, 0) is 0 Å². The van der Waals surface area contributed by atoms with Gasteiger partial charge in [0.05, 0.1) is 0 Å². The Kier molecular flexibility index (Phi) is 2.06. The molecule has 1 unspecified atom stereocenters. The average molecular weight is 131 g/mol. The standard InChI is InChI=1S/C7H14FN/c1-6-5-9(2)4-3-7(6)8/h6-7H,3-5H2,1-2H3/t6-,7?/m1/s1. The molecule has 1 rings (SSSR count). The highest BCUT2D eigenvalue weighted by atomic mass is 19.1. The molecule has 0 radical (unpaired) electrons. The predicted molar refractivity (Wildman–Crippen MR) is 36.2 cm³/mol. The quantitative estimate of drug-likeness (QED) is 0.479. The maximum absolute atomic E-state index is 12.7. The predicted octanol–water partition coefficient (Wildman–Crippen LogP) is 1.30. The van der Waals surface area contributed by atoms with Crippen LogP contribution >= 0.6 is 0 Å². The number of nitrogens with zero attached hydrogens (tertiary/aromatic N) is 1. The number of halogens is 1. The van der Waals surface area contributed by atoms with Crippen molar-refractivity contribution in [2.45, 2.75) is 19.5 Å². The van der Waals surface area contributed by atoms with Gasteiger partial charge in [0.1, 0.15) is 6.17 Å². The summed E-state index contributed by atoms with van der Waals surface area (Å²) in [5.74, 6) is 0.240. The third kappa shape index (κ3) is 1.65. The van der Waals surface area contributed by atoms with E-state index in [0.717, 1.165) is 19.5 Å². The molecule has 2 atom stereocenters. The molecule has 0 saturated carbocycles. The lowest BCUT2D eigenvalue weighted by atomic mass is 9.99. The zero-order chi connectivity index (χ0) is 6.85. The Balaban J connectivity index is 2.35. The van der Waals surface area contributed by atoms with E-state index in [2.05, 4.69) is 4.90 Å². The van der Waals surface area contributed by atoms with Crippen molar-refractivity contribution >= 4 is 0 Å². The molecule has 0 amide bonds. The van der Waals surface area contributed by atoms with Crippen LogP contribution < -0.4 is 0 Å². The minimum atomic E-state index is -0.554. The number of likely N-dealkylation sites (tertiary alicyclic amines) is 1. The summed E-state index contributed by atoms with van der Waals surface area (Å²) < 4.78 is 12.7. The van der Waals surface area contributed by atoms with Crippen molar-refractivity contribution in [1.82, 2.24) is 4.90 Å². The Hall–Kier alpha value is -0.110. The molecule has 1 nitrogen and oxygen atoms in total. The van der Waals surface area contributed by atoms with E-state index < -0.39 is 6.17 Å².